The predicted octanol–water partition coefficient (Wildman–Crippen LogP) is 0.835. The molecule has 60 valence electrons. The Bertz CT molecular complexity index is 125. The summed E-state index contributed by atoms with van der Waals surface area (Å²) in [6.07, 6.45) is 2.60. The van der Waals surface area contributed by atoms with Crippen LogP contribution in [-0.4, -0.2) is 17.1 Å². The third kappa shape index (κ3) is 1.70. The van der Waals surface area contributed by atoms with Gasteiger partial charge in [-0.1, -0.05) is 13.8 Å². The van der Waals surface area contributed by atoms with E-state index in [1.165, 1.54) is 0 Å². The van der Waals surface area contributed by atoms with Crippen molar-refractivity contribution in [2.45, 2.75) is 32.7 Å². The molecule has 0 aromatic carbocycles. The Morgan fingerprint density at radius 1 is 1.50 bits per heavy atom. The molecule has 0 heterocycles. The van der Waals surface area contributed by atoms with E-state index in [4.69, 9.17) is 10.8 Å². The third-order valence-electron chi connectivity index (χ3n) is 1.89. The highest BCUT2D eigenvalue weighted by molar-refractivity contribution is 5.71. The standard InChI is InChI=1S/C6H11NO2.CH4/c7-5-3-1-2-4(5)6(8)9;/h4-5H,1-3,7H2,(H,8,9);1H4/t4-,5+;/m1./s1. The summed E-state index contributed by atoms with van der Waals surface area (Å²) >= 11 is 0. The van der Waals surface area contributed by atoms with Crippen molar-refractivity contribution < 1.29 is 9.90 Å². The van der Waals surface area contributed by atoms with E-state index in [0.29, 0.717) is 0 Å². The van der Waals surface area contributed by atoms with Gasteiger partial charge >= 0.3 is 5.97 Å². The number of carbonyl (C=O) groups is 1. The van der Waals surface area contributed by atoms with Gasteiger partial charge in [0, 0.05) is 6.04 Å². The van der Waals surface area contributed by atoms with Gasteiger partial charge in [0.15, 0.2) is 0 Å². The molecule has 0 aromatic heterocycles. The van der Waals surface area contributed by atoms with E-state index in [0.717, 1.165) is 19.3 Å². The van der Waals surface area contributed by atoms with Gasteiger partial charge in [0.25, 0.3) is 0 Å². The largest absolute Gasteiger partial charge is 0.481 e. The number of rotatable bonds is 1. The average molecular weight is 145 g/mol. The summed E-state index contributed by atoms with van der Waals surface area (Å²) in [5.74, 6) is -1.01. The van der Waals surface area contributed by atoms with Crippen molar-refractivity contribution >= 4 is 5.97 Å². The van der Waals surface area contributed by atoms with Crippen molar-refractivity contribution in [2.75, 3.05) is 0 Å². The summed E-state index contributed by atoms with van der Waals surface area (Å²) in [6, 6.07) is -0.0949. The fourth-order valence-electron chi connectivity index (χ4n) is 1.30. The van der Waals surface area contributed by atoms with E-state index >= 15 is 0 Å². The van der Waals surface area contributed by atoms with Gasteiger partial charge in [-0.05, 0) is 12.8 Å². The molecule has 3 nitrogen and oxygen atoms in total. The molecule has 0 aliphatic heterocycles. The maximum Gasteiger partial charge on any atom is 0.308 e. The molecular weight excluding hydrogens is 130 g/mol. The first kappa shape index (κ1) is 9.43. The zero-order valence-electron chi connectivity index (χ0n) is 5.21. The fraction of sp³-hybridized carbons (Fsp3) is 0.857. The lowest BCUT2D eigenvalue weighted by Crippen LogP contribution is -2.30. The molecule has 1 fully saturated rings. The Morgan fingerprint density at radius 3 is 2.30 bits per heavy atom. The molecule has 0 saturated heterocycles. The number of carboxylic acids is 1. The quantitative estimate of drug-likeness (QED) is 0.574. The van der Waals surface area contributed by atoms with Gasteiger partial charge in [-0.3, -0.25) is 4.79 Å². The van der Waals surface area contributed by atoms with Gasteiger partial charge in [0.05, 0.1) is 5.92 Å². The zero-order chi connectivity index (χ0) is 6.85. The molecule has 1 aliphatic rings. The number of nitrogens with two attached hydrogens (primary N) is 1. The monoisotopic (exact) mass is 145 g/mol. The highest BCUT2D eigenvalue weighted by Gasteiger charge is 2.29. The maximum atomic E-state index is 10.3. The molecule has 0 radical (unpaired) electrons. The van der Waals surface area contributed by atoms with E-state index in [2.05, 4.69) is 0 Å². The van der Waals surface area contributed by atoms with E-state index in [-0.39, 0.29) is 19.4 Å². The van der Waals surface area contributed by atoms with Gasteiger partial charge in [-0.2, -0.15) is 0 Å². The molecule has 0 bridgehead atoms. The maximum absolute atomic E-state index is 10.3. The summed E-state index contributed by atoms with van der Waals surface area (Å²) < 4.78 is 0. The van der Waals surface area contributed by atoms with Gasteiger partial charge in [-0.15, -0.1) is 0 Å². The minimum Gasteiger partial charge on any atom is -0.481 e. The molecule has 0 unspecified atom stereocenters. The number of aliphatic carboxylic acids is 1. The lowest BCUT2D eigenvalue weighted by atomic mass is 10.1. The van der Waals surface area contributed by atoms with Crippen LogP contribution in [0.3, 0.4) is 0 Å². The SMILES string of the molecule is C.N[C@H]1CCC[C@H]1C(=O)O. The zero-order valence-corrected chi connectivity index (χ0v) is 5.21. The van der Waals surface area contributed by atoms with Crippen LogP contribution in [0.2, 0.25) is 0 Å². The van der Waals surface area contributed by atoms with Crippen LogP contribution in [0.15, 0.2) is 0 Å². The first-order valence-corrected chi connectivity index (χ1v) is 3.20. The smallest absolute Gasteiger partial charge is 0.308 e. The van der Waals surface area contributed by atoms with Crippen LogP contribution in [0.1, 0.15) is 26.7 Å². The van der Waals surface area contributed by atoms with Crippen LogP contribution in [0.4, 0.5) is 0 Å². The van der Waals surface area contributed by atoms with Crippen molar-refractivity contribution in [1.29, 1.82) is 0 Å². The third-order valence-corrected chi connectivity index (χ3v) is 1.89. The van der Waals surface area contributed by atoms with Crippen LogP contribution < -0.4 is 5.73 Å². The van der Waals surface area contributed by atoms with Crippen LogP contribution >= 0.6 is 0 Å². The summed E-state index contributed by atoms with van der Waals surface area (Å²) in [5.41, 5.74) is 5.50. The Labute approximate surface area is 61.2 Å². The fourth-order valence-corrected chi connectivity index (χ4v) is 1.30. The highest BCUT2D eigenvalue weighted by atomic mass is 16.4. The second-order valence-corrected chi connectivity index (χ2v) is 2.54. The second kappa shape index (κ2) is 3.56. The number of hydrogen-bond acceptors (Lipinski definition) is 2. The van der Waals surface area contributed by atoms with Crippen molar-refractivity contribution in [2.24, 2.45) is 11.7 Å². The second-order valence-electron chi connectivity index (χ2n) is 2.54. The van der Waals surface area contributed by atoms with E-state index in [1.54, 1.807) is 0 Å². The first-order valence-electron chi connectivity index (χ1n) is 3.20. The number of hydrogen-bond donors (Lipinski definition) is 2. The first-order chi connectivity index (χ1) is 4.22. The number of carboxylic acid groups (broad SMARTS) is 1. The van der Waals surface area contributed by atoms with Gasteiger partial charge in [0.1, 0.15) is 0 Å². The van der Waals surface area contributed by atoms with Crippen LogP contribution in [-0.2, 0) is 4.79 Å². The van der Waals surface area contributed by atoms with Crippen molar-refractivity contribution in [1.82, 2.24) is 0 Å². The van der Waals surface area contributed by atoms with E-state index in [9.17, 15) is 4.79 Å². The summed E-state index contributed by atoms with van der Waals surface area (Å²) in [7, 11) is 0. The predicted molar refractivity (Wildman–Crippen MR) is 39.7 cm³/mol. The summed E-state index contributed by atoms with van der Waals surface area (Å²) in [4.78, 5) is 10.3. The molecule has 0 spiro atoms. The molecule has 2 atom stereocenters. The molecule has 1 aliphatic carbocycles. The molecular formula is C7H15NO2. The molecule has 0 aromatic rings. The molecule has 0 amide bonds. The van der Waals surface area contributed by atoms with Crippen molar-refractivity contribution in [3.8, 4) is 0 Å². The average Bonchev–Trinajstić information content (AvgIpc) is 2.13. The molecule has 1 saturated carbocycles. The minimum absolute atomic E-state index is 0. The Morgan fingerprint density at radius 2 is 2.10 bits per heavy atom. The van der Waals surface area contributed by atoms with Gasteiger partial charge < -0.3 is 10.8 Å². The molecule has 10 heavy (non-hydrogen) atoms. The normalized spacial score (nSPS) is 31.3. The van der Waals surface area contributed by atoms with E-state index in [1.807, 2.05) is 0 Å². The topological polar surface area (TPSA) is 63.3 Å². The molecule has 3 heteroatoms. The van der Waals surface area contributed by atoms with Crippen LogP contribution in [0, 0.1) is 5.92 Å². The Hall–Kier alpha value is -0.570. The molecule has 3 N–H and O–H groups in total. The van der Waals surface area contributed by atoms with Gasteiger partial charge in [-0.25, -0.2) is 0 Å². The van der Waals surface area contributed by atoms with Gasteiger partial charge in [0.2, 0.25) is 0 Å². The molecule has 1 rings (SSSR count). The van der Waals surface area contributed by atoms with Crippen molar-refractivity contribution in [3.05, 3.63) is 0 Å². The van der Waals surface area contributed by atoms with Crippen LogP contribution in [0.5, 0.6) is 0 Å². The Balaban J connectivity index is 0.000000810. The van der Waals surface area contributed by atoms with E-state index < -0.39 is 5.97 Å². The van der Waals surface area contributed by atoms with Crippen LogP contribution in [0.25, 0.3) is 0 Å². The Kier molecular flexibility index (Phi) is 3.36. The summed E-state index contributed by atoms with van der Waals surface area (Å²) in [5, 5.41) is 8.50. The highest BCUT2D eigenvalue weighted by Crippen LogP contribution is 2.23. The minimum atomic E-state index is -0.736. The lowest BCUT2D eigenvalue weighted by molar-refractivity contribution is -0.141. The summed E-state index contributed by atoms with van der Waals surface area (Å²) in [6.45, 7) is 0. The lowest BCUT2D eigenvalue weighted by Gasteiger charge is -2.07. The van der Waals surface area contributed by atoms with Crippen molar-refractivity contribution in [3.63, 3.8) is 0 Å².